The van der Waals surface area contributed by atoms with Crippen molar-refractivity contribution in [3.05, 3.63) is 0 Å². The van der Waals surface area contributed by atoms with Gasteiger partial charge in [0.15, 0.2) is 0 Å². The van der Waals surface area contributed by atoms with Gasteiger partial charge in [-0.25, -0.2) is 10.8 Å². The van der Waals surface area contributed by atoms with Crippen molar-refractivity contribution in [1.29, 1.82) is 0 Å². The molecule has 2 unspecified atom stereocenters. The molecule has 4 N–H and O–H groups in total. The van der Waals surface area contributed by atoms with Gasteiger partial charge in [-0.2, -0.15) is 0 Å². The highest BCUT2D eigenvalue weighted by Crippen LogP contribution is 2.26. The average molecular weight is 252 g/mol. The van der Waals surface area contributed by atoms with Crippen molar-refractivity contribution in [2.45, 2.75) is 76.8 Å². The van der Waals surface area contributed by atoms with Gasteiger partial charge in [0.2, 0.25) is 5.96 Å². The first kappa shape index (κ1) is 13.7. The fourth-order valence-electron chi connectivity index (χ4n) is 3.32. The van der Waals surface area contributed by atoms with Crippen LogP contribution in [-0.2, 0) is 0 Å². The summed E-state index contributed by atoms with van der Waals surface area (Å²) in [5.74, 6) is 7.28. The van der Waals surface area contributed by atoms with Crippen LogP contribution < -0.4 is 16.6 Å². The van der Waals surface area contributed by atoms with Crippen LogP contribution in [0.5, 0.6) is 0 Å². The first-order valence-corrected chi connectivity index (χ1v) is 7.62. The first-order chi connectivity index (χ1) is 8.81. The second kappa shape index (κ2) is 6.98. The number of hydrogen-bond acceptors (Lipinski definition) is 2. The predicted octanol–water partition coefficient (Wildman–Crippen LogP) is 2.31. The standard InChI is InChI=1S/C14H28N4/c1-2-11-6-5-9-13(10-11)17-14(18-15)16-12-7-3-4-8-12/h11-13H,2-10,15H2,1H3,(H2,16,17,18). The van der Waals surface area contributed by atoms with Crippen LogP contribution in [0.2, 0.25) is 0 Å². The molecule has 2 fully saturated rings. The van der Waals surface area contributed by atoms with E-state index in [0.29, 0.717) is 12.1 Å². The number of nitrogens with one attached hydrogen (secondary N) is 2. The Bertz CT molecular complexity index is 271. The van der Waals surface area contributed by atoms with E-state index >= 15 is 0 Å². The predicted molar refractivity (Wildman–Crippen MR) is 76.2 cm³/mol. The summed E-state index contributed by atoms with van der Waals surface area (Å²) < 4.78 is 0. The minimum absolute atomic E-state index is 0.481. The third-order valence-electron chi connectivity index (χ3n) is 4.47. The minimum Gasteiger partial charge on any atom is -0.353 e. The van der Waals surface area contributed by atoms with E-state index in [1.54, 1.807) is 0 Å². The molecule has 4 nitrogen and oxygen atoms in total. The molecule has 0 saturated heterocycles. The first-order valence-electron chi connectivity index (χ1n) is 7.62. The molecule has 2 saturated carbocycles. The van der Waals surface area contributed by atoms with E-state index in [9.17, 15) is 0 Å². The Morgan fingerprint density at radius 2 is 1.94 bits per heavy atom. The van der Waals surface area contributed by atoms with Crippen molar-refractivity contribution in [2.75, 3.05) is 0 Å². The largest absolute Gasteiger partial charge is 0.353 e. The van der Waals surface area contributed by atoms with Crippen molar-refractivity contribution in [1.82, 2.24) is 10.7 Å². The molecular formula is C14H28N4. The van der Waals surface area contributed by atoms with E-state index in [1.165, 1.54) is 57.8 Å². The van der Waals surface area contributed by atoms with Gasteiger partial charge >= 0.3 is 0 Å². The number of nitrogens with zero attached hydrogens (tertiary/aromatic N) is 1. The maximum Gasteiger partial charge on any atom is 0.206 e. The van der Waals surface area contributed by atoms with E-state index in [4.69, 9.17) is 10.8 Å². The molecule has 0 bridgehead atoms. The quantitative estimate of drug-likeness (QED) is 0.312. The summed E-state index contributed by atoms with van der Waals surface area (Å²) in [6.07, 6.45) is 11.6. The summed E-state index contributed by atoms with van der Waals surface area (Å²) in [5, 5.41) is 3.51. The topological polar surface area (TPSA) is 62.4 Å². The zero-order valence-electron chi connectivity index (χ0n) is 11.6. The molecule has 0 heterocycles. The van der Waals surface area contributed by atoms with Gasteiger partial charge in [-0.15, -0.1) is 0 Å². The third kappa shape index (κ3) is 3.87. The highest BCUT2D eigenvalue weighted by Gasteiger charge is 2.22. The molecule has 104 valence electrons. The molecule has 2 atom stereocenters. The lowest BCUT2D eigenvalue weighted by Gasteiger charge is -2.30. The molecule has 0 aromatic heterocycles. The van der Waals surface area contributed by atoms with Gasteiger partial charge in [0.05, 0.1) is 6.04 Å². The van der Waals surface area contributed by atoms with Crippen molar-refractivity contribution in [3.63, 3.8) is 0 Å². The van der Waals surface area contributed by atoms with E-state index in [2.05, 4.69) is 17.7 Å². The molecule has 0 aromatic carbocycles. The maximum absolute atomic E-state index is 5.59. The van der Waals surface area contributed by atoms with Gasteiger partial charge < -0.3 is 5.32 Å². The Kier molecular flexibility index (Phi) is 5.29. The fraction of sp³-hybridized carbons (Fsp3) is 0.929. The Labute approximate surface area is 111 Å². The normalized spacial score (nSPS) is 30.4. The van der Waals surface area contributed by atoms with Gasteiger partial charge in [0.25, 0.3) is 0 Å². The van der Waals surface area contributed by atoms with Crippen LogP contribution in [0.25, 0.3) is 0 Å². The molecule has 4 heteroatoms. The molecule has 2 aliphatic rings. The maximum atomic E-state index is 5.59. The lowest BCUT2D eigenvalue weighted by molar-refractivity contribution is 0.298. The van der Waals surface area contributed by atoms with E-state index in [0.717, 1.165) is 11.9 Å². The summed E-state index contributed by atoms with van der Waals surface area (Å²) in [6, 6.07) is 1.04. The summed E-state index contributed by atoms with van der Waals surface area (Å²) in [7, 11) is 0. The number of hydrogen-bond donors (Lipinski definition) is 3. The van der Waals surface area contributed by atoms with Crippen molar-refractivity contribution < 1.29 is 0 Å². The number of nitrogens with two attached hydrogens (primary N) is 1. The van der Waals surface area contributed by atoms with Crippen LogP contribution in [0.1, 0.15) is 64.7 Å². The zero-order chi connectivity index (χ0) is 12.8. The highest BCUT2D eigenvalue weighted by atomic mass is 15.3. The SMILES string of the molecule is CCC1CCCC(NC(=NC2CCCC2)NN)C1. The van der Waals surface area contributed by atoms with Crippen molar-refractivity contribution in [3.8, 4) is 0 Å². The Balaban J connectivity index is 1.85. The fourth-order valence-corrected chi connectivity index (χ4v) is 3.32. The lowest BCUT2D eigenvalue weighted by Crippen LogP contribution is -2.48. The number of aliphatic imine (C=N–C) groups is 1. The van der Waals surface area contributed by atoms with E-state index < -0.39 is 0 Å². The molecule has 0 radical (unpaired) electrons. The second-order valence-electron chi connectivity index (χ2n) is 5.84. The number of rotatable bonds is 3. The average Bonchev–Trinajstić information content (AvgIpc) is 2.91. The van der Waals surface area contributed by atoms with Crippen LogP contribution in [0.4, 0.5) is 0 Å². The Hall–Kier alpha value is -0.770. The number of guanidine groups is 1. The van der Waals surface area contributed by atoms with E-state index in [1.807, 2.05) is 0 Å². The van der Waals surface area contributed by atoms with E-state index in [-0.39, 0.29) is 0 Å². The van der Waals surface area contributed by atoms with Gasteiger partial charge in [0, 0.05) is 6.04 Å². The summed E-state index contributed by atoms with van der Waals surface area (Å²) >= 11 is 0. The van der Waals surface area contributed by atoms with Gasteiger partial charge in [-0.1, -0.05) is 39.0 Å². The zero-order valence-corrected chi connectivity index (χ0v) is 11.6. The van der Waals surface area contributed by atoms with Gasteiger partial charge in [-0.3, -0.25) is 5.43 Å². The molecular weight excluding hydrogens is 224 g/mol. The molecule has 0 spiro atoms. The molecule has 2 rings (SSSR count). The molecule has 2 aliphatic carbocycles. The van der Waals surface area contributed by atoms with Crippen molar-refractivity contribution in [2.24, 2.45) is 16.8 Å². The monoisotopic (exact) mass is 252 g/mol. The summed E-state index contributed by atoms with van der Waals surface area (Å²) in [6.45, 7) is 2.29. The summed E-state index contributed by atoms with van der Waals surface area (Å²) in [5.41, 5.74) is 2.75. The number of hydrazine groups is 1. The summed E-state index contributed by atoms with van der Waals surface area (Å²) in [4.78, 5) is 4.71. The van der Waals surface area contributed by atoms with Gasteiger partial charge in [0.1, 0.15) is 0 Å². The van der Waals surface area contributed by atoms with Crippen LogP contribution in [-0.4, -0.2) is 18.0 Å². The minimum atomic E-state index is 0.481. The smallest absolute Gasteiger partial charge is 0.206 e. The molecule has 0 amide bonds. The Morgan fingerprint density at radius 1 is 1.17 bits per heavy atom. The molecule has 18 heavy (non-hydrogen) atoms. The van der Waals surface area contributed by atoms with Crippen molar-refractivity contribution >= 4 is 5.96 Å². The van der Waals surface area contributed by atoms with Crippen LogP contribution >= 0.6 is 0 Å². The lowest BCUT2D eigenvalue weighted by atomic mass is 9.84. The van der Waals surface area contributed by atoms with Crippen LogP contribution in [0, 0.1) is 5.92 Å². The Morgan fingerprint density at radius 3 is 2.61 bits per heavy atom. The van der Waals surface area contributed by atoms with Gasteiger partial charge in [-0.05, 0) is 31.6 Å². The molecule has 0 aliphatic heterocycles. The third-order valence-corrected chi connectivity index (χ3v) is 4.47. The molecule has 0 aromatic rings. The van der Waals surface area contributed by atoms with Crippen LogP contribution in [0.3, 0.4) is 0 Å². The van der Waals surface area contributed by atoms with Crippen LogP contribution in [0.15, 0.2) is 4.99 Å². The second-order valence-corrected chi connectivity index (χ2v) is 5.84. The highest BCUT2D eigenvalue weighted by molar-refractivity contribution is 5.79.